The molecular weight excluding hydrogens is 320 g/mol. The Labute approximate surface area is 127 Å². The quantitative estimate of drug-likeness (QED) is 0.676. The summed E-state index contributed by atoms with van der Waals surface area (Å²) >= 11 is 1.65. The molecule has 19 heavy (non-hydrogen) atoms. The minimum Gasteiger partial charge on any atom is -0.264 e. The van der Waals surface area contributed by atoms with Crippen molar-refractivity contribution in [3.63, 3.8) is 0 Å². The molecule has 96 valence electrons. The molecule has 0 radical (unpaired) electrons. The summed E-state index contributed by atoms with van der Waals surface area (Å²) in [4.78, 5) is 8.78. The second kappa shape index (κ2) is 6.08. The Hall–Kier alpha value is -1.52. The van der Waals surface area contributed by atoms with Crippen LogP contribution in [0.5, 0.6) is 0 Å². The van der Waals surface area contributed by atoms with E-state index in [2.05, 4.69) is 46.5 Å². The maximum atomic E-state index is 4.66. The Morgan fingerprint density at radius 3 is 2.47 bits per heavy atom. The molecule has 0 aliphatic heterocycles. The van der Waals surface area contributed by atoms with Crippen molar-refractivity contribution in [1.29, 1.82) is 0 Å². The number of nitrogens with zero attached hydrogens (tertiary/aromatic N) is 2. The first-order valence-corrected chi connectivity index (χ1v) is 6.64. The molecule has 4 heteroatoms. The highest BCUT2D eigenvalue weighted by Crippen LogP contribution is 2.28. The average molecular weight is 333 g/mol. The Kier molecular flexibility index (Phi) is 4.45. The summed E-state index contributed by atoms with van der Waals surface area (Å²) < 4.78 is 0. The zero-order valence-corrected chi connectivity index (χ0v) is 12.9. The number of aromatic nitrogens is 2. The molecule has 3 rings (SSSR count). The van der Waals surface area contributed by atoms with Gasteiger partial charge in [-0.1, -0.05) is 29.8 Å². The third-order valence-corrected chi connectivity index (χ3v) is 3.65. The van der Waals surface area contributed by atoms with E-state index in [1.54, 1.807) is 17.5 Å². The lowest BCUT2D eigenvalue weighted by molar-refractivity contribution is 1.31. The fourth-order valence-electron chi connectivity index (χ4n) is 1.75. The van der Waals surface area contributed by atoms with Crippen LogP contribution in [-0.4, -0.2) is 9.97 Å². The molecule has 3 aromatic rings. The Bertz CT molecular complexity index is 647. The van der Waals surface area contributed by atoms with Gasteiger partial charge in [0.05, 0.1) is 5.69 Å². The van der Waals surface area contributed by atoms with Gasteiger partial charge >= 0.3 is 0 Å². The number of hydrogen-bond acceptors (Lipinski definition) is 3. The van der Waals surface area contributed by atoms with Crippen LogP contribution in [0, 0.1) is 6.92 Å². The summed E-state index contributed by atoms with van der Waals surface area (Å²) in [5.74, 6) is 0. The number of benzene rings is 1. The van der Waals surface area contributed by atoms with E-state index in [-0.39, 0.29) is 17.0 Å². The number of thiazole rings is 1. The van der Waals surface area contributed by atoms with E-state index in [1.165, 1.54) is 5.56 Å². The molecule has 2 heterocycles. The molecule has 1 aromatic carbocycles. The lowest BCUT2D eigenvalue weighted by Crippen LogP contribution is -1.80. The molecule has 0 fully saturated rings. The van der Waals surface area contributed by atoms with Gasteiger partial charge in [0.1, 0.15) is 5.01 Å². The van der Waals surface area contributed by atoms with Gasteiger partial charge in [0, 0.05) is 28.9 Å². The van der Waals surface area contributed by atoms with E-state index in [1.807, 2.05) is 18.3 Å². The third-order valence-electron chi connectivity index (χ3n) is 2.76. The highest BCUT2D eigenvalue weighted by Gasteiger charge is 2.06. The number of halogens is 1. The first-order chi connectivity index (χ1) is 8.83. The minimum atomic E-state index is 0. The average Bonchev–Trinajstić information content (AvgIpc) is 2.90. The molecule has 0 saturated carbocycles. The fourth-order valence-corrected chi connectivity index (χ4v) is 2.57. The van der Waals surface area contributed by atoms with Crippen LogP contribution in [0.1, 0.15) is 5.56 Å². The van der Waals surface area contributed by atoms with Crippen LogP contribution in [0.25, 0.3) is 21.8 Å². The van der Waals surface area contributed by atoms with Gasteiger partial charge in [-0.05, 0) is 19.1 Å². The molecule has 0 saturated heterocycles. The molecule has 0 aliphatic carbocycles. The van der Waals surface area contributed by atoms with Crippen molar-refractivity contribution in [1.82, 2.24) is 9.97 Å². The topological polar surface area (TPSA) is 25.8 Å². The van der Waals surface area contributed by atoms with Crippen LogP contribution in [0.4, 0.5) is 0 Å². The van der Waals surface area contributed by atoms with E-state index >= 15 is 0 Å². The smallest absolute Gasteiger partial charge is 0.125 e. The summed E-state index contributed by atoms with van der Waals surface area (Å²) in [7, 11) is 0. The first-order valence-electron chi connectivity index (χ1n) is 5.76. The first kappa shape index (κ1) is 13.9. The fraction of sp³-hybridized carbons (Fsp3) is 0.0667. The Morgan fingerprint density at radius 1 is 1.00 bits per heavy atom. The van der Waals surface area contributed by atoms with Crippen molar-refractivity contribution >= 4 is 28.3 Å². The number of hydrogen-bond donors (Lipinski definition) is 0. The lowest BCUT2D eigenvalue weighted by atomic mass is 10.1. The predicted molar refractivity (Wildman–Crippen MR) is 85.8 cm³/mol. The van der Waals surface area contributed by atoms with Crippen LogP contribution in [0.2, 0.25) is 0 Å². The van der Waals surface area contributed by atoms with Gasteiger partial charge in [-0.2, -0.15) is 0 Å². The lowest BCUT2D eigenvalue weighted by Gasteiger charge is -1.97. The number of aryl methyl sites for hydroxylation is 1. The molecule has 0 amide bonds. The molecule has 2 nitrogen and oxygen atoms in total. The number of rotatable bonds is 2. The standard InChI is InChI=1S/C15H12N2S.BrH/c1-11-4-6-12(7-5-11)14-10-18-15(17-14)13-3-2-8-16-9-13;/h2-10H,1H3;1H. The molecule has 0 aliphatic rings. The molecular formula is C15H13BrN2S. The zero-order valence-electron chi connectivity index (χ0n) is 10.4. The molecule has 2 aromatic heterocycles. The molecule has 0 atom stereocenters. The van der Waals surface area contributed by atoms with E-state index in [9.17, 15) is 0 Å². The summed E-state index contributed by atoms with van der Waals surface area (Å²) in [6.07, 6.45) is 3.62. The van der Waals surface area contributed by atoms with Crippen LogP contribution < -0.4 is 0 Å². The van der Waals surface area contributed by atoms with Crippen molar-refractivity contribution in [2.24, 2.45) is 0 Å². The largest absolute Gasteiger partial charge is 0.264 e. The molecule has 0 spiro atoms. The van der Waals surface area contributed by atoms with Gasteiger partial charge in [0.2, 0.25) is 0 Å². The van der Waals surface area contributed by atoms with Gasteiger partial charge < -0.3 is 0 Å². The van der Waals surface area contributed by atoms with Crippen molar-refractivity contribution in [2.75, 3.05) is 0 Å². The summed E-state index contributed by atoms with van der Waals surface area (Å²) in [5, 5.41) is 3.10. The summed E-state index contributed by atoms with van der Waals surface area (Å²) in [6, 6.07) is 12.4. The van der Waals surface area contributed by atoms with Crippen molar-refractivity contribution in [3.05, 3.63) is 59.7 Å². The molecule has 0 bridgehead atoms. The molecule has 0 N–H and O–H groups in total. The Morgan fingerprint density at radius 2 is 1.79 bits per heavy atom. The SMILES string of the molecule is Br.Cc1ccc(-c2csc(-c3cccnc3)n2)cc1. The van der Waals surface area contributed by atoms with Crippen LogP contribution in [0.15, 0.2) is 54.2 Å². The number of pyridine rings is 1. The maximum absolute atomic E-state index is 4.66. The Balaban J connectivity index is 0.00000133. The minimum absolute atomic E-state index is 0. The van der Waals surface area contributed by atoms with Crippen LogP contribution >= 0.6 is 28.3 Å². The van der Waals surface area contributed by atoms with Crippen molar-refractivity contribution in [3.8, 4) is 21.8 Å². The highest BCUT2D eigenvalue weighted by atomic mass is 79.9. The van der Waals surface area contributed by atoms with E-state index in [0.29, 0.717) is 0 Å². The van der Waals surface area contributed by atoms with E-state index < -0.39 is 0 Å². The second-order valence-electron chi connectivity index (χ2n) is 4.15. The van der Waals surface area contributed by atoms with Gasteiger partial charge in [-0.3, -0.25) is 4.98 Å². The van der Waals surface area contributed by atoms with E-state index in [4.69, 9.17) is 0 Å². The summed E-state index contributed by atoms with van der Waals surface area (Å²) in [6.45, 7) is 2.09. The van der Waals surface area contributed by atoms with Crippen LogP contribution in [0.3, 0.4) is 0 Å². The maximum Gasteiger partial charge on any atom is 0.125 e. The van der Waals surface area contributed by atoms with Crippen molar-refractivity contribution in [2.45, 2.75) is 6.92 Å². The predicted octanol–water partition coefficient (Wildman–Crippen LogP) is 4.76. The third kappa shape index (κ3) is 3.08. The normalized spacial score (nSPS) is 9.95. The van der Waals surface area contributed by atoms with E-state index in [0.717, 1.165) is 21.8 Å². The van der Waals surface area contributed by atoms with Gasteiger partial charge in [0.25, 0.3) is 0 Å². The highest BCUT2D eigenvalue weighted by molar-refractivity contribution is 8.93. The zero-order chi connectivity index (χ0) is 12.4. The monoisotopic (exact) mass is 332 g/mol. The van der Waals surface area contributed by atoms with Gasteiger partial charge in [-0.25, -0.2) is 4.98 Å². The van der Waals surface area contributed by atoms with Crippen molar-refractivity contribution < 1.29 is 0 Å². The molecule has 0 unspecified atom stereocenters. The van der Waals surface area contributed by atoms with Gasteiger partial charge in [0.15, 0.2) is 0 Å². The second-order valence-corrected chi connectivity index (χ2v) is 5.00. The van der Waals surface area contributed by atoms with Crippen LogP contribution in [-0.2, 0) is 0 Å². The van der Waals surface area contributed by atoms with Gasteiger partial charge in [-0.15, -0.1) is 28.3 Å². The summed E-state index contributed by atoms with van der Waals surface area (Å²) in [5.41, 5.74) is 4.52.